The Bertz CT molecular complexity index is 899. The third kappa shape index (κ3) is 2.62. The number of methoxy groups -OCH3 is 1. The molecule has 3 aromatic rings. The fourth-order valence-corrected chi connectivity index (χ4v) is 3.40. The van der Waals surface area contributed by atoms with E-state index in [2.05, 4.69) is 14.7 Å². The van der Waals surface area contributed by atoms with Crippen LogP contribution >= 0.6 is 0 Å². The zero-order valence-corrected chi connectivity index (χ0v) is 12.9. The summed E-state index contributed by atoms with van der Waals surface area (Å²) >= 11 is 0. The lowest BCUT2D eigenvalue weighted by molar-refractivity contribution is 0.402. The van der Waals surface area contributed by atoms with Crippen molar-refractivity contribution in [3.8, 4) is 5.75 Å². The van der Waals surface area contributed by atoms with Crippen molar-refractivity contribution in [1.29, 1.82) is 0 Å². The Labute approximate surface area is 128 Å². The third-order valence-electron chi connectivity index (χ3n) is 3.23. The second-order valence-electron chi connectivity index (χ2n) is 4.86. The Balaban J connectivity index is 2.01. The molecule has 7 heteroatoms. The first kappa shape index (κ1) is 14.4. The lowest BCUT2D eigenvalue weighted by Crippen LogP contribution is -2.15. The first-order valence-corrected chi connectivity index (χ1v) is 8.10. The van der Waals surface area contributed by atoms with Crippen LogP contribution in [-0.4, -0.2) is 25.5 Å². The minimum atomic E-state index is -3.79. The number of aromatic amines is 1. The minimum absolute atomic E-state index is 0.0791. The largest absolute Gasteiger partial charge is 0.495 e. The van der Waals surface area contributed by atoms with Gasteiger partial charge in [0.05, 0.1) is 18.1 Å². The van der Waals surface area contributed by atoms with Gasteiger partial charge in [-0.1, -0.05) is 18.2 Å². The molecule has 0 saturated carbocycles. The van der Waals surface area contributed by atoms with Gasteiger partial charge in [0, 0.05) is 0 Å². The molecule has 0 aliphatic heterocycles. The number of fused-ring (bicyclic) bond motifs is 1. The number of aromatic nitrogens is 2. The van der Waals surface area contributed by atoms with Crippen LogP contribution in [0.25, 0.3) is 11.0 Å². The van der Waals surface area contributed by atoms with Crippen molar-refractivity contribution in [3.63, 3.8) is 0 Å². The molecular formula is C15H15N3O3S. The van der Waals surface area contributed by atoms with Gasteiger partial charge in [-0.15, -0.1) is 0 Å². The fourth-order valence-electron chi connectivity index (χ4n) is 2.18. The molecule has 3 rings (SSSR count). The van der Waals surface area contributed by atoms with Crippen LogP contribution in [0.4, 0.5) is 5.95 Å². The number of sulfonamides is 1. The van der Waals surface area contributed by atoms with Crippen LogP contribution in [0.15, 0.2) is 47.4 Å². The Morgan fingerprint density at radius 1 is 1.18 bits per heavy atom. The first-order valence-electron chi connectivity index (χ1n) is 6.62. The number of ether oxygens (including phenoxy) is 1. The molecule has 22 heavy (non-hydrogen) atoms. The number of anilines is 1. The van der Waals surface area contributed by atoms with Gasteiger partial charge in [-0.3, -0.25) is 0 Å². The molecule has 1 heterocycles. The van der Waals surface area contributed by atoms with Crippen LogP contribution in [0.5, 0.6) is 5.75 Å². The molecule has 0 aliphatic carbocycles. The predicted octanol–water partition coefficient (Wildman–Crippen LogP) is 2.68. The molecule has 0 unspecified atom stereocenters. The standard InChI is InChI=1S/C15H15N3O3S/c1-10-7-8-13(21-2)14(9-10)22(19,20)18-15-16-11-5-3-4-6-12(11)17-15/h3-9H,1-2H3,(H2,16,17,18). The maximum atomic E-state index is 12.6. The fraction of sp³-hybridized carbons (Fsp3) is 0.133. The summed E-state index contributed by atoms with van der Waals surface area (Å²) in [5.41, 5.74) is 2.28. The molecule has 2 N–H and O–H groups in total. The maximum Gasteiger partial charge on any atom is 0.267 e. The summed E-state index contributed by atoms with van der Waals surface area (Å²) in [5.74, 6) is 0.457. The van der Waals surface area contributed by atoms with Crippen LogP contribution in [0.2, 0.25) is 0 Å². The van der Waals surface area contributed by atoms with Gasteiger partial charge in [0.2, 0.25) is 5.95 Å². The number of hydrogen-bond donors (Lipinski definition) is 2. The summed E-state index contributed by atoms with van der Waals surface area (Å²) in [6.45, 7) is 1.82. The van der Waals surface area contributed by atoms with Crippen molar-refractivity contribution >= 4 is 27.0 Å². The van der Waals surface area contributed by atoms with Gasteiger partial charge in [-0.2, -0.15) is 0 Å². The number of nitrogens with one attached hydrogen (secondary N) is 2. The molecule has 2 aromatic carbocycles. The molecule has 6 nitrogen and oxygen atoms in total. The summed E-state index contributed by atoms with van der Waals surface area (Å²) < 4.78 is 32.7. The van der Waals surface area contributed by atoms with Gasteiger partial charge < -0.3 is 9.72 Å². The smallest absolute Gasteiger partial charge is 0.267 e. The quantitative estimate of drug-likeness (QED) is 0.775. The van der Waals surface area contributed by atoms with Crippen molar-refractivity contribution < 1.29 is 13.2 Å². The molecular weight excluding hydrogens is 302 g/mol. The number of benzene rings is 2. The van der Waals surface area contributed by atoms with Crippen molar-refractivity contribution in [3.05, 3.63) is 48.0 Å². The maximum absolute atomic E-state index is 12.6. The Kier molecular flexibility index (Phi) is 3.50. The highest BCUT2D eigenvalue weighted by Crippen LogP contribution is 2.26. The van der Waals surface area contributed by atoms with Crippen molar-refractivity contribution in [2.45, 2.75) is 11.8 Å². The van der Waals surface area contributed by atoms with Crippen LogP contribution in [0.3, 0.4) is 0 Å². The Morgan fingerprint density at radius 2 is 1.95 bits per heavy atom. The Morgan fingerprint density at radius 3 is 2.68 bits per heavy atom. The average Bonchev–Trinajstić information content (AvgIpc) is 2.88. The summed E-state index contributed by atoms with van der Waals surface area (Å²) in [5, 5.41) is 0. The normalized spacial score (nSPS) is 11.5. The van der Waals surface area contributed by atoms with Gasteiger partial charge in [-0.25, -0.2) is 18.1 Å². The van der Waals surface area contributed by atoms with E-state index in [4.69, 9.17) is 4.74 Å². The summed E-state index contributed by atoms with van der Waals surface area (Å²) in [7, 11) is -2.36. The van der Waals surface area contributed by atoms with E-state index in [1.807, 2.05) is 25.1 Å². The number of nitrogens with zero attached hydrogens (tertiary/aromatic N) is 1. The molecule has 0 radical (unpaired) electrons. The van der Waals surface area contributed by atoms with E-state index in [1.54, 1.807) is 24.3 Å². The topological polar surface area (TPSA) is 84.1 Å². The molecule has 0 fully saturated rings. The molecule has 0 spiro atoms. The van der Waals surface area contributed by atoms with Gasteiger partial charge in [0.15, 0.2) is 0 Å². The first-order chi connectivity index (χ1) is 10.5. The number of para-hydroxylation sites is 2. The van der Waals surface area contributed by atoms with E-state index in [0.29, 0.717) is 5.52 Å². The second kappa shape index (κ2) is 5.34. The summed E-state index contributed by atoms with van der Waals surface area (Å²) in [4.78, 5) is 7.23. The Hall–Kier alpha value is -2.54. The molecule has 114 valence electrons. The summed E-state index contributed by atoms with van der Waals surface area (Å²) in [6.07, 6.45) is 0. The molecule has 0 aliphatic rings. The van der Waals surface area contributed by atoms with E-state index in [9.17, 15) is 8.42 Å². The van der Waals surface area contributed by atoms with Gasteiger partial charge in [-0.05, 0) is 36.8 Å². The SMILES string of the molecule is COc1ccc(C)cc1S(=O)(=O)Nc1nc2ccccc2[nH]1. The molecule has 0 atom stereocenters. The molecule has 0 amide bonds. The number of imidazole rings is 1. The third-order valence-corrected chi connectivity index (χ3v) is 4.59. The molecule has 0 saturated heterocycles. The zero-order valence-electron chi connectivity index (χ0n) is 12.1. The van der Waals surface area contributed by atoms with Gasteiger partial charge in [0.1, 0.15) is 10.6 Å². The van der Waals surface area contributed by atoms with Crippen LogP contribution < -0.4 is 9.46 Å². The molecule has 0 bridgehead atoms. The van der Waals surface area contributed by atoms with Crippen molar-refractivity contribution in [2.24, 2.45) is 0 Å². The van der Waals surface area contributed by atoms with Gasteiger partial charge in [0.25, 0.3) is 10.0 Å². The average molecular weight is 317 g/mol. The van der Waals surface area contributed by atoms with E-state index in [-0.39, 0.29) is 16.6 Å². The number of hydrogen-bond acceptors (Lipinski definition) is 4. The van der Waals surface area contributed by atoms with Crippen molar-refractivity contribution in [1.82, 2.24) is 9.97 Å². The minimum Gasteiger partial charge on any atom is -0.495 e. The highest BCUT2D eigenvalue weighted by Gasteiger charge is 2.21. The van der Waals surface area contributed by atoms with Crippen molar-refractivity contribution in [2.75, 3.05) is 11.8 Å². The molecule has 1 aromatic heterocycles. The lowest BCUT2D eigenvalue weighted by atomic mass is 10.2. The monoisotopic (exact) mass is 317 g/mol. The predicted molar refractivity (Wildman–Crippen MR) is 84.6 cm³/mol. The van der Waals surface area contributed by atoms with E-state index in [1.165, 1.54) is 7.11 Å². The van der Waals surface area contributed by atoms with Crippen LogP contribution in [0, 0.1) is 6.92 Å². The highest BCUT2D eigenvalue weighted by molar-refractivity contribution is 7.92. The highest BCUT2D eigenvalue weighted by atomic mass is 32.2. The summed E-state index contributed by atoms with van der Waals surface area (Å²) in [6, 6.07) is 12.3. The van der Waals surface area contributed by atoms with E-state index < -0.39 is 10.0 Å². The van der Waals surface area contributed by atoms with E-state index >= 15 is 0 Å². The van der Waals surface area contributed by atoms with Crippen LogP contribution in [0.1, 0.15) is 5.56 Å². The number of aryl methyl sites for hydroxylation is 1. The zero-order chi connectivity index (χ0) is 15.7. The van der Waals surface area contributed by atoms with Crippen LogP contribution in [-0.2, 0) is 10.0 Å². The van der Waals surface area contributed by atoms with Gasteiger partial charge >= 0.3 is 0 Å². The van der Waals surface area contributed by atoms with E-state index in [0.717, 1.165) is 11.1 Å². The second-order valence-corrected chi connectivity index (χ2v) is 6.51. The number of H-pyrrole nitrogens is 1. The lowest BCUT2D eigenvalue weighted by Gasteiger charge is -2.10. The number of rotatable bonds is 4.